The van der Waals surface area contributed by atoms with Crippen LogP contribution in [0.5, 0.6) is 0 Å². The Morgan fingerprint density at radius 3 is 2.39 bits per heavy atom. The van der Waals surface area contributed by atoms with E-state index in [1.807, 2.05) is 24.3 Å². The van der Waals surface area contributed by atoms with E-state index in [-0.39, 0.29) is 5.97 Å². The van der Waals surface area contributed by atoms with Crippen LogP contribution in [0.4, 0.5) is 0 Å². The van der Waals surface area contributed by atoms with Crippen LogP contribution in [0.3, 0.4) is 0 Å². The maximum atomic E-state index is 12.1. The smallest absolute Gasteiger partial charge is 0.341 e. The molecule has 0 radical (unpaired) electrons. The van der Waals surface area contributed by atoms with E-state index in [9.17, 15) is 4.79 Å². The summed E-state index contributed by atoms with van der Waals surface area (Å²) in [5.41, 5.74) is 3.88. The van der Waals surface area contributed by atoms with Gasteiger partial charge in [-0.3, -0.25) is 0 Å². The molecule has 2 aromatic carbocycles. The van der Waals surface area contributed by atoms with Crippen molar-refractivity contribution in [2.75, 3.05) is 14.2 Å². The molecule has 2 atom stereocenters. The van der Waals surface area contributed by atoms with Crippen molar-refractivity contribution in [1.29, 1.82) is 0 Å². The van der Waals surface area contributed by atoms with Crippen molar-refractivity contribution in [3.63, 3.8) is 0 Å². The van der Waals surface area contributed by atoms with E-state index < -0.39 is 0 Å². The molecule has 0 heterocycles. The molecule has 0 amide bonds. The first kappa shape index (κ1) is 15.3. The van der Waals surface area contributed by atoms with Gasteiger partial charge in [0.2, 0.25) is 0 Å². The average molecular weight is 308 g/mol. The van der Waals surface area contributed by atoms with Crippen molar-refractivity contribution in [3.8, 4) is 0 Å². The molecule has 118 valence electrons. The van der Waals surface area contributed by atoms with Crippen LogP contribution < -0.4 is 0 Å². The molecule has 1 aliphatic rings. The molecule has 2 aromatic rings. The van der Waals surface area contributed by atoms with Crippen LogP contribution in [0.25, 0.3) is 5.57 Å². The van der Waals surface area contributed by atoms with Crippen LogP contribution >= 0.6 is 0 Å². The van der Waals surface area contributed by atoms with Crippen LogP contribution in [0.1, 0.15) is 34.9 Å². The molecule has 1 saturated carbocycles. The van der Waals surface area contributed by atoms with Gasteiger partial charge in [0.1, 0.15) is 5.57 Å². The molecule has 1 fully saturated rings. The highest BCUT2D eigenvalue weighted by molar-refractivity contribution is 6.16. The Balaban J connectivity index is 1.93. The molecule has 1 aliphatic carbocycles. The van der Waals surface area contributed by atoms with Gasteiger partial charge >= 0.3 is 5.97 Å². The second kappa shape index (κ2) is 6.69. The summed E-state index contributed by atoms with van der Waals surface area (Å²) in [6, 6.07) is 18.5. The maximum absolute atomic E-state index is 12.1. The third-order valence-electron chi connectivity index (χ3n) is 4.31. The quantitative estimate of drug-likeness (QED) is 0.473. The SMILES string of the molecule is COC=C(C(=O)OC)c1ccccc1[C@H]1C[C@@H]1c1ccccc1. The number of carbonyl (C=O) groups excluding carboxylic acids is 1. The molecular weight excluding hydrogens is 288 g/mol. The first-order chi connectivity index (χ1) is 11.3. The molecule has 0 aliphatic heterocycles. The zero-order chi connectivity index (χ0) is 16.2. The molecule has 3 rings (SSSR count). The summed E-state index contributed by atoms with van der Waals surface area (Å²) in [7, 11) is 2.92. The van der Waals surface area contributed by atoms with Crippen molar-refractivity contribution in [2.45, 2.75) is 18.3 Å². The number of hydrogen-bond donors (Lipinski definition) is 0. The maximum Gasteiger partial charge on any atom is 0.341 e. The summed E-state index contributed by atoms with van der Waals surface area (Å²) >= 11 is 0. The zero-order valence-corrected chi connectivity index (χ0v) is 13.4. The number of esters is 1. The lowest BCUT2D eigenvalue weighted by atomic mass is 9.95. The molecule has 23 heavy (non-hydrogen) atoms. The average Bonchev–Trinajstić information content (AvgIpc) is 3.40. The standard InChI is InChI=1S/C20H20O3/c1-22-13-19(20(21)23-2)16-11-7-6-10-15(16)18-12-17(18)14-8-4-3-5-9-14/h3-11,13,17-18H,12H2,1-2H3/t17-,18-/m1/s1. The van der Waals surface area contributed by atoms with Gasteiger partial charge in [-0.15, -0.1) is 0 Å². The lowest BCUT2D eigenvalue weighted by molar-refractivity contribution is -0.133. The number of ether oxygens (including phenoxy) is 2. The van der Waals surface area contributed by atoms with Crippen molar-refractivity contribution in [1.82, 2.24) is 0 Å². The van der Waals surface area contributed by atoms with Crippen molar-refractivity contribution in [3.05, 3.63) is 77.5 Å². The highest BCUT2D eigenvalue weighted by atomic mass is 16.5. The predicted molar refractivity (Wildman–Crippen MR) is 90.0 cm³/mol. The number of carbonyl (C=O) groups is 1. The minimum Gasteiger partial charge on any atom is -0.503 e. The summed E-state index contributed by atoms with van der Waals surface area (Å²) < 4.78 is 9.98. The van der Waals surface area contributed by atoms with Gasteiger partial charge in [0.15, 0.2) is 0 Å². The van der Waals surface area contributed by atoms with E-state index in [4.69, 9.17) is 9.47 Å². The topological polar surface area (TPSA) is 35.5 Å². The van der Waals surface area contributed by atoms with Gasteiger partial charge < -0.3 is 9.47 Å². The number of benzene rings is 2. The highest BCUT2D eigenvalue weighted by Crippen LogP contribution is 2.55. The van der Waals surface area contributed by atoms with Crippen LogP contribution in [-0.4, -0.2) is 20.2 Å². The van der Waals surface area contributed by atoms with Gasteiger partial charge in [0.25, 0.3) is 0 Å². The first-order valence-corrected chi connectivity index (χ1v) is 7.71. The summed E-state index contributed by atoms with van der Waals surface area (Å²) in [6.45, 7) is 0. The highest BCUT2D eigenvalue weighted by Gasteiger charge is 2.41. The van der Waals surface area contributed by atoms with Crippen LogP contribution in [0, 0.1) is 0 Å². The minimum absolute atomic E-state index is 0.379. The molecular formula is C20H20O3. The van der Waals surface area contributed by atoms with E-state index >= 15 is 0 Å². The van der Waals surface area contributed by atoms with Gasteiger partial charge in [0, 0.05) is 0 Å². The minimum atomic E-state index is -0.379. The molecule has 3 nitrogen and oxygen atoms in total. The Kier molecular flexibility index (Phi) is 4.47. The van der Waals surface area contributed by atoms with Gasteiger partial charge in [-0.05, 0) is 34.9 Å². The third-order valence-corrected chi connectivity index (χ3v) is 4.31. The van der Waals surface area contributed by atoms with Crippen molar-refractivity contribution >= 4 is 11.5 Å². The molecule has 3 heteroatoms. The normalized spacial score (nSPS) is 20.0. The van der Waals surface area contributed by atoms with Crippen LogP contribution in [0.2, 0.25) is 0 Å². The fourth-order valence-electron chi connectivity index (χ4n) is 3.12. The Morgan fingerprint density at radius 1 is 1.00 bits per heavy atom. The Labute approximate surface area is 136 Å². The number of rotatable bonds is 5. The summed E-state index contributed by atoms with van der Waals surface area (Å²) in [6.07, 6.45) is 2.56. The van der Waals surface area contributed by atoms with Gasteiger partial charge in [-0.2, -0.15) is 0 Å². The fraction of sp³-hybridized carbons (Fsp3) is 0.250. The number of methoxy groups -OCH3 is 2. The Morgan fingerprint density at radius 2 is 1.70 bits per heavy atom. The van der Waals surface area contributed by atoms with E-state index in [0.29, 0.717) is 17.4 Å². The van der Waals surface area contributed by atoms with Crippen molar-refractivity contribution in [2.24, 2.45) is 0 Å². The molecule has 0 aromatic heterocycles. The lowest BCUT2D eigenvalue weighted by Gasteiger charge is -2.11. The Bertz CT molecular complexity index is 719. The fourth-order valence-corrected chi connectivity index (χ4v) is 3.12. The lowest BCUT2D eigenvalue weighted by Crippen LogP contribution is -2.06. The second-order valence-electron chi connectivity index (χ2n) is 5.71. The number of hydrogen-bond acceptors (Lipinski definition) is 3. The zero-order valence-electron chi connectivity index (χ0n) is 13.4. The molecule has 0 saturated heterocycles. The van der Waals surface area contributed by atoms with Crippen LogP contribution in [-0.2, 0) is 14.3 Å². The molecule has 0 unspecified atom stereocenters. The van der Waals surface area contributed by atoms with E-state index in [1.54, 1.807) is 0 Å². The Hall–Kier alpha value is -2.55. The molecule has 0 spiro atoms. The van der Waals surface area contributed by atoms with E-state index in [0.717, 1.165) is 12.0 Å². The summed E-state index contributed by atoms with van der Waals surface area (Å²) in [4.78, 5) is 12.1. The predicted octanol–water partition coefficient (Wildman–Crippen LogP) is 4.12. The third kappa shape index (κ3) is 3.14. The largest absolute Gasteiger partial charge is 0.503 e. The molecule has 0 bridgehead atoms. The molecule has 0 N–H and O–H groups in total. The monoisotopic (exact) mass is 308 g/mol. The van der Waals surface area contributed by atoms with E-state index in [1.165, 1.54) is 31.6 Å². The summed E-state index contributed by atoms with van der Waals surface area (Å²) in [5, 5.41) is 0. The summed E-state index contributed by atoms with van der Waals surface area (Å²) in [5.74, 6) is 0.563. The van der Waals surface area contributed by atoms with E-state index in [2.05, 4.69) is 30.3 Å². The van der Waals surface area contributed by atoms with Gasteiger partial charge in [0.05, 0.1) is 20.5 Å². The van der Waals surface area contributed by atoms with Gasteiger partial charge in [-0.1, -0.05) is 54.6 Å². The second-order valence-corrected chi connectivity index (χ2v) is 5.71. The first-order valence-electron chi connectivity index (χ1n) is 7.71. The van der Waals surface area contributed by atoms with Gasteiger partial charge in [-0.25, -0.2) is 4.79 Å². The van der Waals surface area contributed by atoms with Crippen molar-refractivity contribution < 1.29 is 14.3 Å². The van der Waals surface area contributed by atoms with Crippen LogP contribution in [0.15, 0.2) is 60.9 Å².